The zero-order valence-corrected chi connectivity index (χ0v) is 22.6. The van der Waals surface area contributed by atoms with Crippen LogP contribution >= 0.6 is 0 Å². The Morgan fingerprint density at radius 3 is 2.55 bits per heavy atom. The van der Waals surface area contributed by atoms with Crippen molar-refractivity contribution in [1.29, 1.82) is 0 Å². The monoisotopic (exact) mass is 539 g/mol. The molecule has 1 aliphatic heterocycles. The van der Waals surface area contributed by atoms with Crippen LogP contribution in [-0.2, 0) is 17.8 Å². The van der Waals surface area contributed by atoms with Gasteiger partial charge in [-0.25, -0.2) is 15.0 Å². The number of methoxy groups -OCH3 is 1. The first-order valence-electron chi connectivity index (χ1n) is 13.9. The predicted octanol–water partition coefficient (Wildman–Crippen LogP) is 3.67. The third kappa shape index (κ3) is 5.75. The highest BCUT2D eigenvalue weighted by Gasteiger charge is 2.24. The molecule has 6 rings (SSSR count). The number of amides is 2. The molecule has 1 aliphatic carbocycles. The van der Waals surface area contributed by atoms with Crippen molar-refractivity contribution in [2.45, 2.75) is 44.7 Å². The second-order valence-electron chi connectivity index (χ2n) is 10.3. The van der Waals surface area contributed by atoms with Crippen molar-refractivity contribution >= 4 is 28.8 Å². The molecule has 1 saturated heterocycles. The normalized spacial score (nSPS) is 15.0. The van der Waals surface area contributed by atoms with E-state index in [9.17, 15) is 9.59 Å². The zero-order valence-electron chi connectivity index (χ0n) is 22.6. The van der Waals surface area contributed by atoms with Crippen molar-refractivity contribution in [3.8, 4) is 17.1 Å². The number of benzene rings is 2. The fraction of sp³-hybridized carbons (Fsp3) is 0.367. The number of hydrogen-bond donors (Lipinski definition) is 2. The predicted molar refractivity (Wildman–Crippen MR) is 152 cm³/mol. The summed E-state index contributed by atoms with van der Waals surface area (Å²) in [7, 11) is 1.66. The van der Waals surface area contributed by atoms with Gasteiger partial charge in [0.05, 0.1) is 13.4 Å². The highest BCUT2D eigenvalue weighted by molar-refractivity contribution is 5.95. The summed E-state index contributed by atoms with van der Waals surface area (Å²) in [5.41, 5.74) is 4.01. The largest absolute Gasteiger partial charge is 0.497 e. The van der Waals surface area contributed by atoms with Gasteiger partial charge in [0.25, 0.3) is 5.91 Å². The molecule has 10 heteroatoms. The van der Waals surface area contributed by atoms with Crippen LogP contribution in [0.3, 0.4) is 0 Å². The van der Waals surface area contributed by atoms with E-state index in [4.69, 9.17) is 14.7 Å². The minimum absolute atomic E-state index is 0.0548. The van der Waals surface area contributed by atoms with E-state index in [2.05, 4.69) is 27.8 Å². The Morgan fingerprint density at radius 1 is 1.05 bits per heavy atom. The van der Waals surface area contributed by atoms with Gasteiger partial charge in [-0.2, -0.15) is 0 Å². The van der Waals surface area contributed by atoms with Crippen LogP contribution in [0.5, 0.6) is 5.75 Å². The SMILES string of the molecule is COc1ccc(CCNc2nc(-c3ccc(C(=O)NC4CC4)cc3)nc3c2ncn3CCN2CCCC2=O)cc1. The van der Waals surface area contributed by atoms with Crippen LogP contribution in [0.4, 0.5) is 5.82 Å². The van der Waals surface area contributed by atoms with Crippen LogP contribution < -0.4 is 15.4 Å². The number of nitrogens with zero attached hydrogens (tertiary/aromatic N) is 5. The molecule has 40 heavy (non-hydrogen) atoms. The maximum Gasteiger partial charge on any atom is 0.251 e. The molecule has 2 amide bonds. The average molecular weight is 540 g/mol. The van der Waals surface area contributed by atoms with Crippen LogP contribution in [-0.4, -0.2) is 69.0 Å². The Morgan fingerprint density at radius 2 is 1.85 bits per heavy atom. The molecule has 2 N–H and O–H groups in total. The van der Waals surface area contributed by atoms with Gasteiger partial charge in [0.1, 0.15) is 11.3 Å². The summed E-state index contributed by atoms with van der Waals surface area (Å²) in [6.07, 6.45) is 6.19. The number of likely N-dealkylation sites (tertiary alicyclic amines) is 1. The lowest BCUT2D eigenvalue weighted by Gasteiger charge is -2.16. The summed E-state index contributed by atoms with van der Waals surface area (Å²) in [6, 6.07) is 15.7. The lowest BCUT2D eigenvalue weighted by molar-refractivity contribution is -0.127. The molecule has 3 heterocycles. The van der Waals surface area contributed by atoms with Crippen LogP contribution in [0.25, 0.3) is 22.6 Å². The highest BCUT2D eigenvalue weighted by Crippen LogP contribution is 2.26. The topological polar surface area (TPSA) is 114 Å². The van der Waals surface area contributed by atoms with Crippen LogP contribution in [0.2, 0.25) is 0 Å². The van der Waals surface area contributed by atoms with Crippen LogP contribution in [0, 0.1) is 0 Å². The Kier molecular flexibility index (Phi) is 7.31. The molecule has 206 valence electrons. The lowest BCUT2D eigenvalue weighted by atomic mass is 10.1. The summed E-state index contributed by atoms with van der Waals surface area (Å²) >= 11 is 0. The number of ether oxygens (including phenoxy) is 1. The van der Waals surface area contributed by atoms with Gasteiger partial charge in [0.2, 0.25) is 5.91 Å². The maximum atomic E-state index is 12.5. The zero-order chi connectivity index (χ0) is 27.5. The van der Waals surface area contributed by atoms with Gasteiger partial charge in [0.15, 0.2) is 17.3 Å². The fourth-order valence-electron chi connectivity index (χ4n) is 4.91. The number of anilines is 1. The Hall–Kier alpha value is -4.47. The van der Waals surface area contributed by atoms with E-state index in [0.717, 1.165) is 43.5 Å². The molecule has 4 aromatic rings. The third-order valence-corrected chi connectivity index (χ3v) is 7.43. The minimum Gasteiger partial charge on any atom is -0.497 e. The number of carbonyl (C=O) groups excluding carboxylic acids is 2. The Balaban J connectivity index is 1.25. The van der Waals surface area contributed by atoms with E-state index in [1.807, 2.05) is 45.9 Å². The van der Waals surface area contributed by atoms with Gasteiger partial charge in [-0.3, -0.25) is 9.59 Å². The fourth-order valence-corrected chi connectivity index (χ4v) is 4.91. The molecular formula is C30H33N7O3. The summed E-state index contributed by atoms with van der Waals surface area (Å²) < 4.78 is 7.24. The quantitative estimate of drug-likeness (QED) is 0.299. The first-order valence-corrected chi connectivity index (χ1v) is 13.9. The van der Waals surface area contributed by atoms with Gasteiger partial charge in [0, 0.05) is 49.8 Å². The summed E-state index contributed by atoms with van der Waals surface area (Å²) in [6.45, 7) is 2.68. The molecular weight excluding hydrogens is 506 g/mol. The maximum absolute atomic E-state index is 12.5. The third-order valence-electron chi connectivity index (χ3n) is 7.43. The van der Waals surface area contributed by atoms with Crippen molar-refractivity contribution in [3.63, 3.8) is 0 Å². The standard InChI is InChI=1S/C30H33N7O3/c1-40-24-12-4-20(5-13-24)14-15-31-28-26-29(37(19-32-26)18-17-36-16-2-3-25(36)38)35-27(34-28)21-6-8-22(9-7-21)30(39)33-23-10-11-23/h4-9,12-13,19,23H,2-3,10-11,14-18H2,1H3,(H,33,39)(H,31,34,35). The van der Waals surface area contributed by atoms with E-state index in [-0.39, 0.29) is 11.8 Å². The number of hydrogen-bond acceptors (Lipinski definition) is 7. The molecule has 1 saturated carbocycles. The summed E-state index contributed by atoms with van der Waals surface area (Å²) in [5, 5.41) is 6.49. The molecule has 0 radical (unpaired) electrons. The van der Waals surface area contributed by atoms with Crippen LogP contribution in [0.15, 0.2) is 54.9 Å². The van der Waals surface area contributed by atoms with Crippen molar-refractivity contribution in [2.24, 2.45) is 0 Å². The molecule has 0 spiro atoms. The molecule has 2 aliphatic rings. The van der Waals surface area contributed by atoms with Crippen molar-refractivity contribution in [2.75, 3.05) is 32.1 Å². The van der Waals surface area contributed by atoms with E-state index >= 15 is 0 Å². The molecule has 2 aromatic heterocycles. The first kappa shape index (κ1) is 25.8. The van der Waals surface area contributed by atoms with Gasteiger partial charge < -0.3 is 24.8 Å². The van der Waals surface area contributed by atoms with Crippen molar-refractivity contribution < 1.29 is 14.3 Å². The highest BCUT2D eigenvalue weighted by atomic mass is 16.5. The minimum atomic E-state index is -0.0548. The first-order chi connectivity index (χ1) is 19.6. The molecule has 10 nitrogen and oxygen atoms in total. The number of rotatable bonds is 11. The molecule has 0 atom stereocenters. The second kappa shape index (κ2) is 11.3. The Labute approximate surface area is 232 Å². The van der Waals surface area contributed by atoms with E-state index in [0.29, 0.717) is 60.5 Å². The molecule has 0 unspecified atom stereocenters. The Bertz CT molecular complexity index is 1510. The van der Waals surface area contributed by atoms with Gasteiger partial charge in [-0.15, -0.1) is 0 Å². The van der Waals surface area contributed by atoms with Gasteiger partial charge >= 0.3 is 0 Å². The molecule has 2 fully saturated rings. The molecule has 2 aromatic carbocycles. The second-order valence-corrected chi connectivity index (χ2v) is 10.3. The number of nitrogens with one attached hydrogen (secondary N) is 2. The van der Waals surface area contributed by atoms with E-state index < -0.39 is 0 Å². The summed E-state index contributed by atoms with van der Waals surface area (Å²) in [5.74, 6) is 2.18. The van der Waals surface area contributed by atoms with E-state index in [1.54, 1.807) is 13.4 Å². The van der Waals surface area contributed by atoms with Crippen molar-refractivity contribution in [3.05, 3.63) is 66.0 Å². The number of aromatic nitrogens is 4. The van der Waals surface area contributed by atoms with Crippen molar-refractivity contribution in [1.82, 2.24) is 29.7 Å². The van der Waals surface area contributed by atoms with Gasteiger partial charge in [-0.1, -0.05) is 24.3 Å². The lowest BCUT2D eigenvalue weighted by Crippen LogP contribution is -2.28. The number of carbonyl (C=O) groups is 2. The molecule has 0 bridgehead atoms. The van der Waals surface area contributed by atoms with E-state index in [1.165, 1.54) is 5.56 Å². The van der Waals surface area contributed by atoms with Gasteiger partial charge in [-0.05, 0) is 55.5 Å². The average Bonchev–Trinajstić information content (AvgIpc) is 3.55. The summed E-state index contributed by atoms with van der Waals surface area (Å²) in [4.78, 5) is 40.8. The smallest absolute Gasteiger partial charge is 0.251 e. The van der Waals surface area contributed by atoms with Crippen LogP contribution in [0.1, 0.15) is 41.6 Å². The number of imidazole rings is 1. The number of fused-ring (bicyclic) bond motifs is 1.